The van der Waals surface area contributed by atoms with E-state index in [0.717, 1.165) is 12.8 Å². The van der Waals surface area contributed by atoms with E-state index < -0.39 is 11.9 Å². The van der Waals surface area contributed by atoms with E-state index in [2.05, 4.69) is 0 Å². The summed E-state index contributed by atoms with van der Waals surface area (Å²) >= 11 is 0. The first-order valence-electron chi connectivity index (χ1n) is 7.66. The normalized spacial score (nSPS) is 14.9. The van der Waals surface area contributed by atoms with E-state index in [1.54, 1.807) is 50.2 Å². The Labute approximate surface area is 135 Å². The maximum absolute atomic E-state index is 12.6. The van der Waals surface area contributed by atoms with E-state index in [1.807, 2.05) is 0 Å². The number of aliphatic carboxylic acids is 1. The lowest BCUT2D eigenvalue weighted by Crippen LogP contribution is -2.38. The monoisotopic (exact) mass is 318 g/mol. The summed E-state index contributed by atoms with van der Waals surface area (Å²) in [6.45, 7) is 1.81. The topological polar surface area (TPSA) is 77.9 Å². The van der Waals surface area contributed by atoms with Crippen LogP contribution < -0.4 is 0 Å². The summed E-state index contributed by atoms with van der Waals surface area (Å²) < 4.78 is 0. The molecule has 0 bridgehead atoms. The van der Waals surface area contributed by atoms with Gasteiger partial charge in [0.15, 0.2) is 0 Å². The minimum atomic E-state index is -0.907. The summed E-state index contributed by atoms with van der Waals surface area (Å²) in [4.78, 5) is 38.7. The van der Waals surface area contributed by atoms with Crippen LogP contribution in [0.2, 0.25) is 0 Å². The number of hydrogen-bond donors (Lipinski definition) is 1. The Morgan fingerprint density at radius 2 is 1.57 bits per heavy atom. The minimum Gasteiger partial charge on any atom is -0.481 e. The Hall–Kier alpha value is -2.37. The average Bonchev–Trinajstić information content (AvgIpc) is 3.35. The van der Waals surface area contributed by atoms with Crippen LogP contribution in [0.4, 0.5) is 0 Å². The largest absolute Gasteiger partial charge is 0.481 e. The predicted octanol–water partition coefficient (Wildman–Crippen LogP) is 1.71. The molecule has 0 radical (unpaired) electrons. The lowest BCUT2D eigenvalue weighted by molar-refractivity contribution is -0.141. The fourth-order valence-electron chi connectivity index (χ4n) is 2.34. The van der Waals surface area contributed by atoms with Gasteiger partial charge in [0.05, 0.1) is 5.92 Å². The summed E-state index contributed by atoms with van der Waals surface area (Å²) in [5.74, 6) is -1.81. The van der Waals surface area contributed by atoms with Crippen LogP contribution in [0.3, 0.4) is 0 Å². The van der Waals surface area contributed by atoms with Crippen molar-refractivity contribution in [1.29, 1.82) is 0 Å². The standard InChI is InChI=1S/C17H22N2O4/c1-11(17(22)23)10-19(14-8-9-14)16(21)13-6-4-12(5-7-13)15(20)18(2)3/h4-7,11,14H,8-10H2,1-3H3,(H,22,23). The van der Waals surface area contributed by atoms with Gasteiger partial charge in [0.2, 0.25) is 0 Å². The van der Waals surface area contributed by atoms with Gasteiger partial charge < -0.3 is 14.9 Å². The van der Waals surface area contributed by atoms with Crippen molar-refractivity contribution in [3.05, 3.63) is 35.4 Å². The number of rotatable bonds is 6. The van der Waals surface area contributed by atoms with Crippen molar-refractivity contribution in [2.45, 2.75) is 25.8 Å². The molecule has 6 heteroatoms. The number of nitrogens with zero attached hydrogens (tertiary/aromatic N) is 2. The van der Waals surface area contributed by atoms with E-state index in [1.165, 1.54) is 4.90 Å². The number of carboxylic acid groups (broad SMARTS) is 1. The second-order valence-electron chi connectivity index (χ2n) is 6.20. The highest BCUT2D eigenvalue weighted by molar-refractivity contribution is 5.98. The van der Waals surface area contributed by atoms with Crippen molar-refractivity contribution < 1.29 is 19.5 Å². The first-order chi connectivity index (χ1) is 10.8. The Balaban J connectivity index is 2.14. The van der Waals surface area contributed by atoms with Crippen LogP contribution in [0.1, 0.15) is 40.5 Å². The van der Waals surface area contributed by atoms with Gasteiger partial charge in [-0.2, -0.15) is 0 Å². The molecule has 124 valence electrons. The summed E-state index contributed by atoms with van der Waals surface area (Å²) in [7, 11) is 3.34. The Morgan fingerprint density at radius 3 is 1.96 bits per heavy atom. The van der Waals surface area contributed by atoms with Crippen molar-refractivity contribution in [3.8, 4) is 0 Å². The molecule has 1 aliphatic carbocycles. The molecule has 2 amide bonds. The lowest BCUT2D eigenvalue weighted by atomic mass is 10.1. The SMILES string of the molecule is CC(CN(C(=O)c1ccc(C(=O)N(C)C)cc1)C1CC1)C(=O)O. The fraction of sp³-hybridized carbons (Fsp3) is 0.471. The molecule has 1 saturated carbocycles. The van der Waals surface area contributed by atoms with Crippen LogP contribution in [0, 0.1) is 5.92 Å². The van der Waals surface area contributed by atoms with Gasteiger partial charge in [-0.1, -0.05) is 6.92 Å². The molecule has 1 unspecified atom stereocenters. The van der Waals surface area contributed by atoms with Crippen molar-refractivity contribution in [2.24, 2.45) is 5.92 Å². The molecule has 1 atom stereocenters. The first-order valence-corrected chi connectivity index (χ1v) is 7.66. The zero-order valence-corrected chi connectivity index (χ0v) is 13.7. The third-order valence-electron chi connectivity index (χ3n) is 3.93. The van der Waals surface area contributed by atoms with Crippen LogP contribution in [-0.4, -0.2) is 59.4 Å². The summed E-state index contributed by atoms with van der Waals surface area (Å²) in [6, 6.07) is 6.63. The van der Waals surface area contributed by atoms with E-state index >= 15 is 0 Å². The van der Waals surface area contributed by atoms with Gasteiger partial charge in [-0.3, -0.25) is 14.4 Å². The number of hydrogen-bond acceptors (Lipinski definition) is 3. The van der Waals surface area contributed by atoms with Crippen molar-refractivity contribution in [3.63, 3.8) is 0 Å². The number of carbonyl (C=O) groups excluding carboxylic acids is 2. The van der Waals surface area contributed by atoms with Crippen molar-refractivity contribution in [1.82, 2.24) is 9.80 Å². The van der Waals surface area contributed by atoms with Crippen LogP contribution in [0.5, 0.6) is 0 Å². The zero-order chi connectivity index (χ0) is 17.1. The second-order valence-corrected chi connectivity index (χ2v) is 6.20. The Bertz CT molecular complexity index is 606. The van der Waals surface area contributed by atoms with Crippen LogP contribution in [0.25, 0.3) is 0 Å². The molecular formula is C17H22N2O4. The molecule has 0 heterocycles. The van der Waals surface area contributed by atoms with Crippen LogP contribution in [-0.2, 0) is 4.79 Å². The van der Waals surface area contributed by atoms with Gasteiger partial charge in [-0.15, -0.1) is 0 Å². The Kier molecular flexibility index (Phi) is 5.03. The second kappa shape index (κ2) is 6.81. The molecule has 1 aliphatic rings. The maximum Gasteiger partial charge on any atom is 0.308 e. The molecular weight excluding hydrogens is 296 g/mol. The summed E-state index contributed by atoms with van der Waals surface area (Å²) in [5.41, 5.74) is 0.994. The predicted molar refractivity (Wildman–Crippen MR) is 85.3 cm³/mol. The highest BCUT2D eigenvalue weighted by atomic mass is 16.4. The smallest absolute Gasteiger partial charge is 0.308 e. The average molecular weight is 318 g/mol. The molecule has 0 aromatic heterocycles. The first kappa shape index (κ1) is 17.0. The summed E-state index contributed by atoms with van der Waals surface area (Å²) in [6.07, 6.45) is 1.82. The molecule has 0 saturated heterocycles. The molecule has 1 aromatic carbocycles. The third kappa shape index (κ3) is 4.09. The number of carbonyl (C=O) groups is 3. The number of carboxylic acids is 1. The van der Waals surface area contributed by atoms with Crippen LogP contribution in [0.15, 0.2) is 24.3 Å². The number of benzene rings is 1. The number of amides is 2. The molecule has 23 heavy (non-hydrogen) atoms. The van der Waals surface area contributed by atoms with Crippen LogP contribution >= 0.6 is 0 Å². The molecule has 6 nitrogen and oxygen atoms in total. The van der Waals surface area contributed by atoms with Crippen molar-refractivity contribution >= 4 is 17.8 Å². The van der Waals surface area contributed by atoms with Gasteiger partial charge in [-0.25, -0.2) is 0 Å². The lowest BCUT2D eigenvalue weighted by Gasteiger charge is -2.24. The van der Waals surface area contributed by atoms with Gasteiger partial charge >= 0.3 is 5.97 Å². The molecule has 1 N–H and O–H groups in total. The minimum absolute atomic E-state index is 0.123. The highest BCUT2D eigenvalue weighted by Crippen LogP contribution is 2.29. The highest BCUT2D eigenvalue weighted by Gasteiger charge is 2.34. The zero-order valence-electron chi connectivity index (χ0n) is 13.7. The molecule has 0 aliphatic heterocycles. The van der Waals surface area contributed by atoms with Gasteiger partial charge in [0, 0.05) is 37.8 Å². The Morgan fingerprint density at radius 1 is 1.09 bits per heavy atom. The fourth-order valence-corrected chi connectivity index (χ4v) is 2.34. The van der Waals surface area contributed by atoms with Gasteiger partial charge in [0.1, 0.15) is 0 Å². The van der Waals surface area contributed by atoms with E-state index in [4.69, 9.17) is 5.11 Å². The molecule has 1 fully saturated rings. The molecule has 1 aromatic rings. The summed E-state index contributed by atoms with van der Waals surface area (Å²) in [5, 5.41) is 9.05. The quantitative estimate of drug-likeness (QED) is 0.866. The third-order valence-corrected chi connectivity index (χ3v) is 3.93. The molecule has 2 rings (SSSR count). The van der Waals surface area contributed by atoms with E-state index in [9.17, 15) is 14.4 Å². The van der Waals surface area contributed by atoms with E-state index in [-0.39, 0.29) is 24.4 Å². The van der Waals surface area contributed by atoms with Gasteiger partial charge in [-0.05, 0) is 37.1 Å². The van der Waals surface area contributed by atoms with Crippen molar-refractivity contribution in [2.75, 3.05) is 20.6 Å². The maximum atomic E-state index is 12.6. The van der Waals surface area contributed by atoms with E-state index in [0.29, 0.717) is 11.1 Å². The molecule has 0 spiro atoms. The van der Waals surface area contributed by atoms with Gasteiger partial charge in [0.25, 0.3) is 11.8 Å².